The summed E-state index contributed by atoms with van der Waals surface area (Å²) >= 11 is 0. The third-order valence-corrected chi connectivity index (χ3v) is 2.33. The van der Waals surface area contributed by atoms with E-state index in [0.29, 0.717) is 19.7 Å². The van der Waals surface area contributed by atoms with Gasteiger partial charge in [0.2, 0.25) is 0 Å². The van der Waals surface area contributed by atoms with Gasteiger partial charge in [-0.3, -0.25) is 0 Å². The van der Waals surface area contributed by atoms with E-state index in [1.54, 1.807) is 7.11 Å². The van der Waals surface area contributed by atoms with Crippen molar-refractivity contribution in [2.45, 2.75) is 19.9 Å². The Bertz CT molecular complexity index is 328. The Labute approximate surface area is 103 Å². The van der Waals surface area contributed by atoms with Crippen molar-refractivity contribution in [1.82, 2.24) is 5.32 Å². The molecule has 0 radical (unpaired) electrons. The molecule has 4 nitrogen and oxygen atoms in total. The van der Waals surface area contributed by atoms with E-state index in [2.05, 4.69) is 12.2 Å². The van der Waals surface area contributed by atoms with Gasteiger partial charge in [-0.1, -0.05) is 19.1 Å². The van der Waals surface area contributed by atoms with Crippen molar-refractivity contribution in [2.24, 2.45) is 0 Å². The molecule has 0 unspecified atom stereocenters. The highest BCUT2D eigenvalue weighted by molar-refractivity contribution is 5.46. The minimum absolute atomic E-state index is 0.134. The minimum atomic E-state index is 0.134. The normalized spacial score (nSPS) is 10.3. The van der Waals surface area contributed by atoms with E-state index < -0.39 is 0 Å². The quantitative estimate of drug-likeness (QED) is 0.676. The van der Waals surface area contributed by atoms with Crippen molar-refractivity contribution in [3.05, 3.63) is 23.8 Å². The highest BCUT2D eigenvalue weighted by Gasteiger charge is 2.09. The first-order valence-electron chi connectivity index (χ1n) is 5.93. The molecule has 0 aliphatic heterocycles. The number of hydrogen-bond acceptors (Lipinski definition) is 4. The molecule has 0 heterocycles. The van der Waals surface area contributed by atoms with Gasteiger partial charge in [-0.05, 0) is 12.5 Å². The van der Waals surface area contributed by atoms with E-state index >= 15 is 0 Å². The Hall–Kier alpha value is -1.26. The first kappa shape index (κ1) is 13.8. The van der Waals surface area contributed by atoms with Crippen molar-refractivity contribution >= 4 is 0 Å². The summed E-state index contributed by atoms with van der Waals surface area (Å²) < 4.78 is 11.0. The molecule has 0 fully saturated rings. The molecule has 0 saturated carbocycles. The molecule has 0 bridgehead atoms. The number of benzene rings is 1. The Morgan fingerprint density at radius 2 is 2.18 bits per heavy atom. The predicted molar refractivity (Wildman–Crippen MR) is 67.6 cm³/mol. The molecule has 4 heteroatoms. The second-order valence-corrected chi connectivity index (χ2v) is 3.70. The van der Waals surface area contributed by atoms with Crippen LogP contribution >= 0.6 is 0 Å². The fraction of sp³-hybridized carbons (Fsp3) is 0.538. The lowest BCUT2D eigenvalue weighted by atomic mass is 10.2. The lowest BCUT2D eigenvalue weighted by molar-refractivity contribution is 0.284. The van der Waals surface area contributed by atoms with Gasteiger partial charge in [0.25, 0.3) is 0 Å². The summed E-state index contributed by atoms with van der Waals surface area (Å²) in [4.78, 5) is 0. The molecule has 0 aliphatic carbocycles. The van der Waals surface area contributed by atoms with Gasteiger partial charge in [-0.2, -0.15) is 0 Å². The first-order valence-corrected chi connectivity index (χ1v) is 5.93. The van der Waals surface area contributed by atoms with Gasteiger partial charge < -0.3 is 19.9 Å². The summed E-state index contributed by atoms with van der Waals surface area (Å²) in [6.07, 6.45) is 0.960. The smallest absolute Gasteiger partial charge is 0.165 e. The molecule has 1 aromatic carbocycles. The van der Waals surface area contributed by atoms with Gasteiger partial charge in [-0.25, -0.2) is 0 Å². The molecular formula is C13H21NO3. The second-order valence-electron chi connectivity index (χ2n) is 3.70. The van der Waals surface area contributed by atoms with Crippen LogP contribution in [0.15, 0.2) is 18.2 Å². The molecule has 0 amide bonds. The lowest BCUT2D eigenvalue weighted by Crippen LogP contribution is -2.18. The van der Waals surface area contributed by atoms with Gasteiger partial charge in [0, 0.05) is 18.7 Å². The molecule has 96 valence electrons. The monoisotopic (exact) mass is 239 g/mol. The van der Waals surface area contributed by atoms with Crippen LogP contribution in [0.3, 0.4) is 0 Å². The van der Waals surface area contributed by atoms with Gasteiger partial charge in [0.05, 0.1) is 20.3 Å². The summed E-state index contributed by atoms with van der Waals surface area (Å²) in [6, 6.07) is 5.83. The van der Waals surface area contributed by atoms with E-state index in [1.807, 2.05) is 18.2 Å². The maximum Gasteiger partial charge on any atom is 0.165 e. The van der Waals surface area contributed by atoms with E-state index in [1.165, 1.54) is 0 Å². The number of hydrogen-bond donors (Lipinski definition) is 2. The van der Waals surface area contributed by atoms with Crippen LogP contribution in [-0.2, 0) is 6.54 Å². The zero-order valence-corrected chi connectivity index (χ0v) is 10.5. The maximum atomic E-state index is 8.74. The summed E-state index contributed by atoms with van der Waals surface area (Å²) in [5, 5.41) is 11.9. The van der Waals surface area contributed by atoms with Crippen LogP contribution in [0.2, 0.25) is 0 Å². The van der Waals surface area contributed by atoms with Crippen LogP contribution in [0, 0.1) is 0 Å². The molecule has 0 saturated heterocycles. The van der Waals surface area contributed by atoms with E-state index in [4.69, 9.17) is 14.6 Å². The molecule has 17 heavy (non-hydrogen) atoms. The van der Waals surface area contributed by atoms with E-state index in [-0.39, 0.29) is 6.61 Å². The largest absolute Gasteiger partial charge is 0.493 e. The van der Waals surface area contributed by atoms with Crippen LogP contribution in [0.1, 0.15) is 18.9 Å². The second kappa shape index (κ2) is 7.92. The number of rotatable bonds is 8. The number of nitrogens with one attached hydrogen (secondary N) is 1. The average Bonchev–Trinajstić information content (AvgIpc) is 2.37. The van der Waals surface area contributed by atoms with Crippen molar-refractivity contribution in [2.75, 3.05) is 26.9 Å². The van der Waals surface area contributed by atoms with Crippen molar-refractivity contribution in [3.8, 4) is 11.5 Å². The number of aliphatic hydroxyl groups is 1. The zero-order chi connectivity index (χ0) is 12.5. The zero-order valence-electron chi connectivity index (χ0n) is 10.5. The van der Waals surface area contributed by atoms with Crippen LogP contribution in [-0.4, -0.2) is 32.0 Å². The summed E-state index contributed by atoms with van der Waals surface area (Å²) in [5.41, 5.74) is 1.05. The van der Waals surface area contributed by atoms with Crippen LogP contribution in [0.25, 0.3) is 0 Å². The molecule has 1 rings (SSSR count). The Balaban J connectivity index is 2.77. The maximum absolute atomic E-state index is 8.74. The summed E-state index contributed by atoms with van der Waals surface area (Å²) in [5.74, 6) is 1.55. The van der Waals surface area contributed by atoms with Gasteiger partial charge >= 0.3 is 0 Å². The van der Waals surface area contributed by atoms with Crippen LogP contribution in [0.5, 0.6) is 11.5 Å². The van der Waals surface area contributed by atoms with Crippen LogP contribution in [0.4, 0.5) is 0 Å². The van der Waals surface area contributed by atoms with Crippen LogP contribution < -0.4 is 14.8 Å². The Morgan fingerprint density at radius 3 is 2.82 bits per heavy atom. The molecular weight excluding hydrogens is 218 g/mol. The molecule has 2 N–H and O–H groups in total. The standard InChI is InChI=1S/C13H21NO3/c1-3-9-17-13-11(10-14-7-8-15)5-4-6-12(13)16-2/h4-6,14-15H,3,7-10H2,1-2H3. The summed E-state index contributed by atoms with van der Waals surface area (Å²) in [6.45, 7) is 4.11. The average molecular weight is 239 g/mol. The van der Waals surface area contributed by atoms with Crippen molar-refractivity contribution in [3.63, 3.8) is 0 Å². The first-order chi connectivity index (χ1) is 8.33. The third kappa shape index (κ3) is 4.24. The van der Waals surface area contributed by atoms with Crippen molar-refractivity contribution < 1.29 is 14.6 Å². The van der Waals surface area contributed by atoms with Crippen molar-refractivity contribution in [1.29, 1.82) is 0 Å². The topological polar surface area (TPSA) is 50.7 Å². The minimum Gasteiger partial charge on any atom is -0.493 e. The molecule has 0 aromatic heterocycles. The number of ether oxygens (including phenoxy) is 2. The number of para-hydroxylation sites is 1. The number of methoxy groups -OCH3 is 1. The van der Waals surface area contributed by atoms with Gasteiger partial charge in [0.1, 0.15) is 0 Å². The van der Waals surface area contributed by atoms with Gasteiger partial charge in [-0.15, -0.1) is 0 Å². The molecule has 0 aliphatic rings. The third-order valence-electron chi connectivity index (χ3n) is 2.33. The Morgan fingerprint density at radius 1 is 1.35 bits per heavy atom. The van der Waals surface area contributed by atoms with E-state index in [9.17, 15) is 0 Å². The lowest BCUT2D eigenvalue weighted by Gasteiger charge is -2.14. The van der Waals surface area contributed by atoms with Gasteiger partial charge in [0.15, 0.2) is 11.5 Å². The molecule has 1 aromatic rings. The summed E-state index contributed by atoms with van der Waals surface area (Å²) in [7, 11) is 1.64. The van der Waals surface area contributed by atoms with E-state index in [0.717, 1.165) is 23.5 Å². The number of aliphatic hydroxyl groups excluding tert-OH is 1. The highest BCUT2D eigenvalue weighted by atomic mass is 16.5. The molecule has 0 atom stereocenters. The SMILES string of the molecule is CCCOc1c(CNCCO)cccc1OC. The predicted octanol–water partition coefficient (Wildman–Crippen LogP) is 1.57. The highest BCUT2D eigenvalue weighted by Crippen LogP contribution is 2.31. The Kier molecular flexibility index (Phi) is 6.43. The molecule has 0 spiro atoms. The fourth-order valence-electron chi connectivity index (χ4n) is 1.53. The fourth-order valence-corrected chi connectivity index (χ4v) is 1.53.